The number of amides is 1. The molecule has 4 aromatic rings. The highest BCUT2D eigenvalue weighted by Crippen LogP contribution is 2.25. The summed E-state index contributed by atoms with van der Waals surface area (Å²) in [6, 6.07) is 14.8. The standard InChI is InChI=1S/C21H17N5O/c1-14(18-8-11-23-13-24-18)25-21(27)17-12-20(15-6-9-22-10-7-15)26-19-5-3-2-4-16(17)19/h2-14H,1H3,(H,25,27)/t14-/m0/s1. The van der Waals surface area contributed by atoms with Crippen LogP contribution in [0.1, 0.15) is 29.0 Å². The van der Waals surface area contributed by atoms with Crippen LogP contribution in [0.5, 0.6) is 0 Å². The smallest absolute Gasteiger partial charge is 0.252 e. The summed E-state index contributed by atoms with van der Waals surface area (Å²) in [7, 11) is 0. The van der Waals surface area contributed by atoms with Crippen LogP contribution in [-0.4, -0.2) is 25.8 Å². The molecule has 0 saturated carbocycles. The number of pyridine rings is 2. The Hall–Kier alpha value is -3.67. The van der Waals surface area contributed by atoms with E-state index in [0.717, 1.165) is 27.9 Å². The minimum atomic E-state index is -0.239. The lowest BCUT2D eigenvalue weighted by Gasteiger charge is -2.15. The fourth-order valence-corrected chi connectivity index (χ4v) is 2.94. The van der Waals surface area contributed by atoms with Crippen molar-refractivity contribution < 1.29 is 4.79 Å². The Kier molecular flexibility index (Phi) is 4.53. The van der Waals surface area contributed by atoms with Crippen molar-refractivity contribution in [1.82, 2.24) is 25.3 Å². The van der Waals surface area contributed by atoms with E-state index in [2.05, 4.69) is 20.3 Å². The molecule has 4 rings (SSSR count). The van der Waals surface area contributed by atoms with Gasteiger partial charge in [-0.15, -0.1) is 0 Å². The summed E-state index contributed by atoms with van der Waals surface area (Å²) < 4.78 is 0. The van der Waals surface area contributed by atoms with E-state index in [9.17, 15) is 4.79 Å². The lowest BCUT2D eigenvalue weighted by Crippen LogP contribution is -2.27. The molecule has 0 aliphatic heterocycles. The third-order valence-corrected chi connectivity index (χ3v) is 4.33. The van der Waals surface area contributed by atoms with Gasteiger partial charge in [-0.25, -0.2) is 15.0 Å². The van der Waals surface area contributed by atoms with Crippen LogP contribution in [0.25, 0.3) is 22.2 Å². The number of carbonyl (C=O) groups is 1. The van der Waals surface area contributed by atoms with Crippen LogP contribution in [0.3, 0.4) is 0 Å². The molecule has 1 atom stereocenters. The van der Waals surface area contributed by atoms with Crippen molar-refractivity contribution in [2.75, 3.05) is 0 Å². The number of carbonyl (C=O) groups excluding carboxylic acids is 1. The molecule has 0 aliphatic carbocycles. The van der Waals surface area contributed by atoms with Gasteiger partial charge in [0.25, 0.3) is 5.91 Å². The Labute approximate surface area is 156 Å². The van der Waals surface area contributed by atoms with Crippen LogP contribution in [0.2, 0.25) is 0 Å². The van der Waals surface area contributed by atoms with Crippen molar-refractivity contribution in [1.29, 1.82) is 0 Å². The van der Waals surface area contributed by atoms with Gasteiger partial charge in [0, 0.05) is 29.5 Å². The molecule has 6 heteroatoms. The van der Waals surface area contributed by atoms with Crippen molar-refractivity contribution in [2.45, 2.75) is 13.0 Å². The third kappa shape index (κ3) is 3.50. The highest BCUT2D eigenvalue weighted by molar-refractivity contribution is 6.07. The maximum Gasteiger partial charge on any atom is 0.252 e. The van der Waals surface area contributed by atoms with Crippen LogP contribution in [0, 0.1) is 0 Å². The van der Waals surface area contributed by atoms with E-state index < -0.39 is 0 Å². The molecule has 1 aromatic carbocycles. The molecule has 0 saturated heterocycles. The zero-order valence-electron chi connectivity index (χ0n) is 14.7. The molecule has 1 N–H and O–H groups in total. The summed E-state index contributed by atoms with van der Waals surface area (Å²) in [5.74, 6) is -0.171. The molecule has 3 heterocycles. The average molecular weight is 355 g/mol. The van der Waals surface area contributed by atoms with Crippen molar-refractivity contribution in [3.8, 4) is 11.3 Å². The fourth-order valence-electron chi connectivity index (χ4n) is 2.94. The second kappa shape index (κ2) is 7.29. The second-order valence-electron chi connectivity index (χ2n) is 6.14. The quantitative estimate of drug-likeness (QED) is 0.605. The van der Waals surface area contributed by atoms with E-state index in [4.69, 9.17) is 4.98 Å². The van der Waals surface area contributed by atoms with Crippen molar-refractivity contribution in [2.24, 2.45) is 0 Å². The number of aromatic nitrogens is 4. The summed E-state index contributed by atoms with van der Waals surface area (Å²) >= 11 is 0. The summed E-state index contributed by atoms with van der Waals surface area (Å²) in [4.78, 5) is 29.9. The molecule has 1 amide bonds. The molecule has 6 nitrogen and oxygen atoms in total. The summed E-state index contributed by atoms with van der Waals surface area (Å²) in [6.07, 6.45) is 6.56. The molecule has 27 heavy (non-hydrogen) atoms. The number of hydrogen-bond acceptors (Lipinski definition) is 5. The monoisotopic (exact) mass is 355 g/mol. The van der Waals surface area contributed by atoms with Gasteiger partial charge < -0.3 is 5.32 Å². The van der Waals surface area contributed by atoms with E-state index in [1.165, 1.54) is 6.33 Å². The topological polar surface area (TPSA) is 80.7 Å². The minimum absolute atomic E-state index is 0.171. The third-order valence-electron chi connectivity index (χ3n) is 4.33. The van der Waals surface area contributed by atoms with E-state index in [-0.39, 0.29) is 11.9 Å². The number of rotatable bonds is 4. The Morgan fingerprint density at radius 3 is 2.56 bits per heavy atom. The average Bonchev–Trinajstić information content (AvgIpc) is 2.74. The minimum Gasteiger partial charge on any atom is -0.344 e. The predicted molar refractivity (Wildman–Crippen MR) is 103 cm³/mol. The SMILES string of the molecule is C[C@H](NC(=O)c1cc(-c2ccncc2)nc2ccccc12)c1ccncn1. The van der Waals surface area contributed by atoms with Gasteiger partial charge in [0.05, 0.1) is 28.5 Å². The van der Waals surface area contributed by atoms with E-state index in [0.29, 0.717) is 5.56 Å². The van der Waals surface area contributed by atoms with Crippen LogP contribution < -0.4 is 5.32 Å². The Balaban J connectivity index is 1.74. The van der Waals surface area contributed by atoms with Gasteiger partial charge in [-0.2, -0.15) is 0 Å². The van der Waals surface area contributed by atoms with E-state index >= 15 is 0 Å². The highest BCUT2D eigenvalue weighted by atomic mass is 16.1. The number of benzene rings is 1. The molecule has 0 radical (unpaired) electrons. The van der Waals surface area contributed by atoms with Gasteiger partial charge in [0.15, 0.2) is 0 Å². The maximum atomic E-state index is 13.0. The number of nitrogens with zero attached hydrogens (tertiary/aromatic N) is 4. The zero-order valence-corrected chi connectivity index (χ0v) is 14.7. The van der Waals surface area contributed by atoms with Gasteiger partial charge in [0.2, 0.25) is 0 Å². The molecule has 3 aromatic heterocycles. The molecular weight excluding hydrogens is 338 g/mol. The number of fused-ring (bicyclic) bond motifs is 1. The van der Waals surface area contributed by atoms with Crippen LogP contribution >= 0.6 is 0 Å². The van der Waals surface area contributed by atoms with Gasteiger partial charge >= 0.3 is 0 Å². The van der Waals surface area contributed by atoms with Crippen LogP contribution in [-0.2, 0) is 0 Å². The number of hydrogen-bond donors (Lipinski definition) is 1. The summed E-state index contributed by atoms with van der Waals surface area (Å²) in [6.45, 7) is 1.90. The Bertz CT molecular complexity index is 1080. The molecule has 0 aliphatic rings. The number of nitrogens with one attached hydrogen (secondary N) is 1. The van der Waals surface area contributed by atoms with Crippen molar-refractivity contribution >= 4 is 16.8 Å². The predicted octanol–water partition coefficient (Wildman–Crippen LogP) is 3.58. The van der Waals surface area contributed by atoms with Crippen LogP contribution in [0.15, 0.2) is 73.4 Å². The van der Waals surface area contributed by atoms with E-state index in [1.54, 1.807) is 24.7 Å². The molecular formula is C21H17N5O. The second-order valence-corrected chi connectivity index (χ2v) is 6.14. The first-order valence-corrected chi connectivity index (χ1v) is 8.59. The molecule has 0 unspecified atom stereocenters. The maximum absolute atomic E-state index is 13.0. The number of para-hydroxylation sites is 1. The van der Waals surface area contributed by atoms with Crippen molar-refractivity contribution in [3.05, 3.63) is 84.7 Å². The van der Waals surface area contributed by atoms with Crippen molar-refractivity contribution in [3.63, 3.8) is 0 Å². The largest absolute Gasteiger partial charge is 0.344 e. The fraction of sp³-hybridized carbons (Fsp3) is 0.0952. The summed E-state index contributed by atoms with van der Waals surface area (Å²) in [5, 5.41) is 3.82. The van der Waals surface area contributed by atoms with Gasteiger partial charge in [0.1, 0.15) is 6.33 Å². The molecule has 0 fully saturated rings. The highest BCUT2D eigenvalue weighted by Gasteiger charge is 2.17. The van der Waals surface area contributed by atoms with Gasteiger partial charge in [-0.3, -0.25) is 9.78 Å². The lowest BCUT2D eigenvalue weighted by atomic mass is 10.0. The Morgan fingerprint density at radius 2 is 1.78 bits per heavy atom. The first-order chi connectivity index (χ1) is 13.2. The first-order valence-electron chi connectivity index (χ1n) is 8.59. The molecule has 0 spiro atoms. The van der Waals surface area contributed by atoms with Crippen LogP contribution in [0.4, 0.5) is 0 Å². The van der Waals surface area contributed by atoms with E-state index in [1.807, 2.05) is 49.4 Å². The lowest BCUT2D eigenvalue weighted by molar-refractivity contribution is 0.0940. The normalized spacial score (nSPS) is 11.9. The summed E-state index contributed by atoms with van der Waals surface area (Å²) in [5.41, 5.74) is 3.75. The van der Waals surface area contributed by atoms with Gasteiger partial charge in [-0.1, -0.05) is 18.2 Å². The van der Waals surface area contributed by atoms with Gasteiger partial charge in [-0.05, 0) is 37.3 Å². The first kappa shape index (κ1) is 16.8. The molecule has 0 bridgehead atoms. The zero-order chi connectivity index (χ0) is 18.6. The molecule has 132 valence electrons. The Morgan fingerprint density at radius 1 is 1.00 bits per heavy atom.